The molecule has 0 aromatic carbocycles. The van der Waals surface area contributed by atoms with E-state index >= 15 is 0 Å². The van der Waals surface area contributed by atoms with Crippen molar-refractivity contribution in [3.63, 3.8) is 0 Å². The van der Waals surface area contributed by atoms with Gasteiger partial charge in [0.25, 0.3) is 0 Å². The van der Waals surface area contributed by atoms with Crippen molar-refractivity contribution >= 4 is 39.0 Å². The lowest BCUT2D eigenvalue weighted by atomic mass is 9.89. The molecule has 5 rings (SSSR count). The Morgan fingerprint density at radius 2 is 2.03 bits per heavy atom. The number of aromatic nitrogens is 1. The lowest BCUT2D eigenvalue weighted by Crippen LogP contribution is -2.34. The van der Waals surface area contributed by atoms with E-state index in [-0.39, 0.29) is 11.4 Å². The quantitative estimate of drug-likeness (QED) is 0.620. The molecule has 1 fully saturated rings. The second-order valence-corrected chi connectivity index (χ2v) is 9.49. The molecule has 0 aliphatic carbocycles. The summed E-state index contributed by atoms with van der Waals surface area (Å²) in [5.74, 6) is 1.23. The highest BCUT2D eigenvalue weighted by atomic mass is 32.1. The average molecular weight is 428 g/mol. The molecule has 7 nitrogen and oxygen atoms in total. The van der Waals surface area contributed by atoms with Crippen molar-refractivity contribution in [2.24, 2.45) is 0 Å². The number of carbonyl (C=O) groups excluding carboxylic acids is 1. The molecular weight excluding hydrogens is 402 g/mol. The van der Waals surface area contributed by atoms with Crippen molar-refractivity contribution in [1.82, 2.24) is 4.98 Å². The monoisotopic (exact) mass is 427 g/mol. The molecule has 0 bridgehead atoms. The zero-order valence-corrected chi connectivity index (χ0v) is 18.2. The molecule has 1 saturated heterocycles. The van der Waals surface area contributed by atoms with E-state index in [0.29, 0.717) is 18.1 Å². The number of anilines is 2. The van der Waals surface area contributed by atoms with Crippen molar-refractivity contribution in [1.29, 1.82) is 0 Å². The number of ether oxygens (including phenoxy) is 2. The van der Waals surface area contributed by atoms with Gasteiger partial charge in [-0.15, -0.1) is 11.3 Å². The maximum Gasteiger partial charge on any atom is 0.373 e. The van der Waals surface area contributed by atoms with Crippen LogP contribution in [0, 0.1) is 0 Å². The smallest absolute Gasteiger partial charge is 0.373 e. The minimum atomic E-state index is -0.508. The third-order valence-corrected chi connectivity index (χ3v) is 7.02. The Labute approximate surface area is 178 Å². The van der Waals surface area contributed by atoms with Crippen LogP contribution in [-0.2, 0) is 22.5 Å². The van der Waals surface area contributed by atoms with E-state index in [1.165, 1.54) is 36.9 Å². The van der Waals surface area contributed by atoms with Gasteiger partial charge in [0.05, 0.1) is 29.9 Å². The summed E-state index contributed by atoms with van der Waals surface area (Å²) in [7, 11) is 1.33. The normalized spacial score (nSPS) is 18.0. The van der Waals surface area contributed by atoms with Gasteiger partial charge in [-0.1, -0.05) is 0 Å². The lowest BCUT2D eigenvalue weighted by Gasteiger charge is -2.34. The maximum atomic E-state index is 11.8. The van der Waals surface area contributed by atoms with Gasteiger partial charge in [-0.2, -0.15) is 0 Å². The summed E-state index contributed by atoms with van der Waals surface area (Å²) in [6.45, 7) is 6.78. The highest BCUT2D eigenvalue weighted by Gasteiger charge is 2.34. The third-order valence-electron chi connectivity index (χ3n) is 5.90. The Bertz CT molecular complexity index is 1140. The number of fused-ring (bicyclic) bond motifs is 3. The summed E-state index contributed by atoms with van der Waals surface area (Å²) in [6, 6.07) is 3.37. The van der Waals surface area contributed by atoms with Gasteiger partial charge in [0.1, 0.15) is 16.4 Å². The first-order chi connectivity index (χ1) is 14.4. The number of nitrogen functional groups attached to an aromatic ring is 1. The number of carbonyl (C=O) groups is 1. The summed E-state index contributed by atoms with van der Waals surface area (Å²) >= 11 is 1.51. The Kier molecular flexibility index (Phi) is 4.52. The fourth-order valence-corrected chi connectivity index (χ4v) is 5.47. The van der Waals surface area contributed by atoms with Crippen LogP contribution < -0.4 is 10.6 Å². The molecule has 158 valence electrons. The van der Waals surface area contributed by atoms with Gasteiger partial charge in [-0.25, -0.2) is 9.78 Å². The van der Waals surface area contributed by atoms with Crippen molar-refractivity contribution in [3.8, 4) is 10.6 Å². The zero-order valence-electron chi connectivity index (χ0n) is 17.4. The number of furan rings is 1. The Morgan fingerprint density at radius 3 is 2.77 bits per heavy atom. The first-order valence-corrected chi connectivity index (χ1v) is 11.0. The number of esters is 1. The number of methoxy groups -OCH3 is 1. The molecule has 0 atom stereocenters. The van der Waals surface area contributed by atoms with E-state index in [2.05, 4.69) is 18.7 Å². The van der Waals surface area contributed by atoms with Crippen molar-refractivity contribution in [2.75, 3.05) is 30.8 Å². The SMILES string of the molecule is COC(=O)c1ccc(-c2sc3nc(N4CCCC4)c4c(c3c2N)CC(C)(C)OC4)o1. The molecule has 2 aliphatic heterocycles. The first-order valence-electron chi connectivity index (χ1n) is 10.2. The summed E-state index contributed by atoms with van der Waals surface area (Å²) < 4.78 is 16.6. The van der Waals surface area contributed by atoms with E-state index in [9.17, 15) is 4.79 Å². The van der Waals surface area contributed by atoms with Crippen LogP contribution in [0.3, 0.4) is 0 Å². The van der Waals surface area contributed by atoms with E-state index in [1.54, 1.807) is 12.1 Å². The molecule has 0 saturated carbocycles. The largest absolute Gasteiger partial charge is 0.463 e. The van der Waals surface area contributed by atoms with Crippen LogP contribution in [0.5, 0.6) is 0 Å². The Balaban J connectivity index is 1.70. The lowest BCUT2D eigenvalue weighted by molar-refractivity contribution is -0.0395. The Hall–Kier alpha value is -2.58. The van der Waals surface area contributed by atoms with Crippen LogP contribution in [0.15, 0.2) is 16.5 Å². The summed E-state index contributed by atoms with van der Waals surface area (Å²) in [6.07, 6.45) is 3.14. The maximum absolute atomic E-state index is 11.8. The van der Waals surface area contributed by atoms with E-state index in [0.717, 1.165) is 46.0 Å². The number of thiophene rings is 1. The molecule has 8 heteroatoms. The van der Waals surface area contributed by atoms with Gasteiger partial charge in [-0.3, -0.25) is 0 Å². The zero-order chi connectivity index (χ0) is 21.0. The van der Waals surface area contributed by atoms with Crippen molar-refractivity contribution < 1.29 is 18.7 Å². The molecule has 0 radical (unpaired) electrons. The van der Waals surface area contributed by atoms with Gasteiger partial charge in [0, 0.05) is 30.5 Å². The van der Waals surface area contributed by atoms with Gasteiger partial charge >= 0.3 is 5.97 Å². The highest BCUT2D eigenvalue weighted by molar-refractivity contribution is 7.22. The number of hydrogen-bond donors (Lipinski definition) is 1. The van der Waals surface area contributed by atoms with Crippen molar-refractivity contribution in [3.05, 3.63) is 29.0 Å². The number of rotatable bonds is 3. The summed E-state index contributed by atoms with van der Waals surface area (Å²) in [5, 5.41) is 0.986. The molecule has 0 spiro atoms. The van der Waals surface area contributed by atoms with Crippen LogP contribution in [0.1, 0.15) is 48.4 Å². The second-order valence-electron chi connectivity index (χ2n) is 8.49. The van der Waals surface area contributed by atoms with Gasteiger partial charge in [0.15, 0.2) is 0 Å². The van der Waals surface area contributed by atoms with Gasteiger partial charge < -0.3 is 24.5 Å². The van der Waals surface area contributed by atoms with Gasteiger partial charge in [0.2, 0.25) is 5.76 Å². The average Bonchev–Trinajstić information content (AvgIpc) is 3.46. The Morgan fingerprint density at radius 1 is 1.27 bits per heavy atom. The fraction of sp³-hybridized carbons (Fsp3) is 0.455. The minimum Gasteiger partial charge on any atom is -0.463 e. The summed E-state index contributed by atoms with van der Waals surface area (Å²) in [5.41, 5.74) is 9.40. The van der Waals surface area contributed by atoms with E-state index in [1.807, 2.05) is 0 Å². The number of nitrogens with two attached hydrogens (primary N) is 1. The molecule has 30 heavy (non-hydrogen) atoms. The molecule has 0 amide bonds. The standard InChI is InChI=1S/C22H25N3O4S/c1-22(2)10-12-13(11-28-22)19(25-8-4-5-9-25)24-20-16(12)17(23)18(30-20)14-6-7-15(29-14)21(26)27-3/h6-7H,4-5,8-11,23H2,1-3H3. The molecular formula is C22H25N3O4S. The van der Waals surface area contributed by atoms with Crippen molar-refractivity contribution in [2.45, 2.75) is 45.3 Å². The highest BCUT2D eigenvalue weighted by Crippen LogP contribution is 2.47. The molecule has 5 heterocycles. The second kappa shape index (κ2) is 6.99. The number of pyridine rings is 1. The molecule has 3 aromatic heterocycles. The minimum absolute atomic E-state index is 0.159. The van der Waals surface area contributed by atoms with Crippen LogP contribution in [0.2, 0.25) is 0 Å². The number of nitrogens with zero attached hydrogens (tertiary/aromatic N) is 2. The molecule has 3 aromatic rings. The molecule has 2 aliphatic rings. The fourth-order valence-electron chi connectivity index (χ4n) is 4.39. The third kappa shape index (κ3) is 3.06. The topological polar surface area (TPSA) is 90.8 Å². The van der Waals surface area contributed by atoms with E-state index < -0.39 is 5.97 Å². The predicted octanol–water partition coefficient (Wildman–Crippen LogP) is 4.38. The van der Waals surface area contributed by atoms with Crippen LogP contribution >= 0.6 is 11.3 Å². The van der Waals surface area contributed by atoms with Crippen LogP contribution in [0.4, 0.5) is 11.5 Å². The first kappa shape index (κ1) is 19.4. The predicted molar refractivity (Wildman–Crippen MR) is 117 cm³/mol. The van der Waals surface area contributed by atoms with Gasteiger partial charge in [-0.05, 0) is 44.4 Å². The molecule has 2 N–H and O–H groups in total. The number of hydrogen-bond acceptors (Lipinski definition) is 8. The van der Waals surface area contributed by atoms with E-state index in [4.69, 9.17) is 24.6 Å². The van der Waals surface area contributed by atoms with Crippen LogP contribution in [-0.4, -0.2) is 36.8 Å². The molecule has 0 unspecified atom stereocenters. The summed E-state index contributed by atoms with van der Waals surface area (Å²) in [4.78, 5) is 20.9. The van der Waals surface area contributed by atoms with Crippen LogP contribution in [0.25, 0.3) is 20.9 Å².